The molecule has 1 saturated carbocycles. The molecule has 4 N–H and O–H groups in total. The fourth-order valence-electron chi connectivity index (χ4n) is 5.12. The molecule has 0 radical (unpaired) electrons. The monoisotopic (exact) mass is 508 g/mol. The zero-order chi connectivity index (χ0) is 24.9. The highest BCUT2D eigenvalue weighted by molar-refractivity contribution is 7.17. The third-order valence-corrected chi connectivity index (χ3v) is 7.93. The van der Waals surface area contributed by atoms with Crippen molar-refractivity contribution in [1.82, 2.24) is 30.0 Å². The first-order valence-corrected chi connectivity index (χ1v) is 14.0. The first kappa shape index (κ1) is 24.9. The second-order valence-electron chi connectivity index (χ2n) is 9.66. The summed E-state index contributed by atoms with van der Waals surface area (Å²) < 4.78 is 3.14. The van der Waals surface area contributed by atoms with Crippen LogP contribution in [0.25, 0.3) is 21.3 Å². The van der Waals surface area contributed by atoms with Gasteiger partial charge in [0.15, 0.2) is 11.3 Å². The molecule has 1 fully saturated rings. The molecule has 0 amide bonds. The van der Waals surface area contributed by atoms with Gasteiger partial charge in [-0.1, -0.05) is 44.7 Å². The molecular weight excluding hydrogens is 472 g/mol. The summed E-state index contributed by atoms with van der Waals surface area (Å²) in [4.78, 5) is 15.7. The minimum absolute atomic E-state index is 0.0413. The number of nitrogen functional groups attached to an aromatic ring is 1. The van der Waals surface area contributed by atoms with Gasteiger partial charge in [0, 0.05) is 31.2 Å². The quantitative estimate of drug-likeness (QED) is 0.277. The van der Waals surface area contributed by atoms with Crippen LogP contribution in [0.4, 0.5) is 11.8 Å². The third kappa shape index (κ3) is 5.45. The lowest BCUT2D eigenvalue weighted by molar-refractivity contribution is 0.301. The highest BCUT2D eigenvalue weighted by Crippen LogP contribution is 2.29. The number of unbranched alkanes of at least 4 members (excludes halogenated alkanes) is 1. The maximum absolute atomic E-state index is 9.60. The maximum Gasteiger partial charge on any atom is 0.222 e. The molecule has 5 rings (SSSR count). The van der Waals surface area contributed by atoms with Gasteiger partial charge in [-0.2, -0.15) is 10.1 Å². The zero-order valence-corrected chi connectivity index (χ0v) is 21.8. The Labute approximate surface area is 215 Å². The number of aromatic nitrogens is 5. The van der Waals surface area contributed by atoms with Crippen LogP contribution in [0.15, 0.2) is 23.8 Å². The van der Waals surface area contributed by atoms with Crippen LogP contribution in [-0.2, 0) is 13.1 Å². The number of thiazole rings is 1. The molecule has 0 saturated heterocycles. The Bertz CT molecular complexity index is 1300. The fourth-order valence-corrected chi connectivity index (χ4v) is 5.97. The molecule has 3 aromatic heterocycles. The van der Waals surface area contributed by atoms with Gasteiger partial charge in [-0.25, -0.2) is 9.97 Å². The van der Waals surface area contributed by atoms with Crippen LogP contribution < -0.4 is 16.0 Å². The van der Waals surface area contributed by atoms with Gasteiger partial charge in [0.25, 0.3) is 0 Å². The van der Waals surface area contributed by atoms with Gasteiger partial charge >= 0.3 is 0 Å². The Kier molecular flexibility index (Phi) is 7.93. The van der Waals surface area contributed by atoms with Crippen molar-refractivity contribution in [3.05, 3.63) is 35.0 Å². The zero-order valence-electron chi connectivity index (χ0n) is 21.0. The van der Waals surface area contributed by atoms with Crippen molar-refractivity contribution in [3.8, 4) is 0 Å². The van der Waals surface area contributed by atoms with Gasteiger partial charge in [0.2, 0.25) is 5.95 Å². The molecule has 1 aromatic carbocycles. The Morgan fingerprint density at radius 3 is 2.78 bits per heavy atom. The average Bonchev–Trinajstić information content (AvgIpc) is 3.54. The van der Waals surface area contributed by atoms with Crippen molar-refractivity contribution in [2.24, 2.45) is 0 Å². The predicted molar refractivity (Wildman–Crippen MR) is 146 cm³/mol. The van der Waals surface area contributed by atoms with Crippen LogP contribution in [0.5, 0.6) is 0 Å². The van der Waals surface area contributed by atoms with Crippen molar-refractivity contribution in [1.29, 1.82) is 0 Å². The summed E-state index contributed by atoms with van der Waals surface area (Å²) in [5.41, 5.74) is 12.9. The third-order valence-electron chi connectivity index (χ3n) is 7.03. The normalized spacial score (nSPS) is 14.7. The van der Waals surface area contributed by atoms with E-state index in [0.29, 0.717) is 36.0 Å². The first-order chi connectivity index (χ1) is 17.7. The molecule has 1 aliphatic carbocycles. The van der Waals surface area contributed by atoms with Crippen molar-refractivity contribution in [2.45, 2.75) is 71.0 Å². The van der Waals surface area contributed by atoms with Crippen LogP contribution in [0.2, 0.25) is 0 Å². The molecule has 3 heterocycles. The van der Waals surface area contributed by atoms with Crippen molar-refractivity contribution in [3.63, 3.8) is 0 Å². The second kappa shape index (κ2) is 11.5. The lowest BCUT2D eigenvalue weighted by Gasteiger charge is -2.23. The number of rotatable bonds is 11. The standard InChI is InChI=1S/C26H36N8OS/c1-2-3-11-33(12-13-35)25-23-21(30-26(27)31-25)16-34(32-23)15-19-10-9-18(24-22(19)29-17-36-24)14-28-20-7-5-4-6-8-20/h9-10,16-17,20,28,35H,2-8,11-15H2,1H3,(H2,27,30). The van der Waals surface area contributed by atoms with E-state index in [2.05, 4.69) is 34.3 Å². The maximum atomic E-state index is 9.60. The first-order valence-electron chi connectivity index (χ1n) is 13.1. The molecule has 0 aliphatic heterocycles. The van der Waals surface area contributed by atoms with E-state index < -0.39 is 0 Å². The van der Waals surface area contributed by atoms with Crippen LogP contribution in [0, 0.1) is 0 Å². The molecule has 0 unspecified atom stereocenters. The van der Waals surface area contributed by atoms with E-state index in [1.54, 1.807) is 11.3 Å². The predicted octanol–water partition coefficient (Wildman–Crippen LogP) is 4.09. The van der Waals surface area contributed by atoms with E-state index in [1.807, 2.05) is 21.3 Å². The van der Waals surface area contributed by atoms with E-state index in [9.17, 15) is 5.11 Å². The number of anilines is 2. The van der Waals surface area contributed by atoms with E-state index in [4.69, 9.17) is 15.8 Å². The van der Waals surface area contributed by atoms with Crippen molar-refractivity contribution >= 4 is 44.4 Å². The van der Waals surface area contributed by atoms with Gasteiger partial charge in [-0.3, -0.25) is 4.68 Å². The summed E-state index contributed by atoms with van der Waals surface area (Å²) in [6.45, 7) is 4.92. The highest BCUT2D eigenvalue weighted by atomic mass is 32.1. The molecular formula is C26H36N8OS. The summed E-state index contributed by atoms with van der Waals surface area (Å²) in [7, 11) is 0. The SMILES string of the molecule is CCCCN(CCO)c1nc(N)nc2cn(Cc3ccc(CNC4CCCCC4)c4scnc34)nc12. The van der Waals surface area contributed by atoms with Crippen LogP contribution in [0.3, 0.4) is 0 Å². The number of aliphatic hydroxyl groups is 1. The molecule has 0 spiro atoms. The van der Waals surface area contributed by atoms with Crippen LogP contribution >= 0.6 is 11.3 Å². The largest absolute Gasteiger partial charge is 0.395 e. The summed E-state index contributed by atoms with van der Waals surface area (Å²) >= 11 is 1.70. The number of hydrogen-bond acceptors (Lipinski definition) is 9. The van der Waals surface area contributed by atoms with Gasteiger partial charge in [0.05, 0.1) is 35.1 Å². The second-order valence-corrected chi connectivity index (χ2v) is 10.5. The number of fused-ring (bicyclic) bond motifs is 2. The fraction of sp³-hybridized carbons (Fsp3) is 0.538. The van der Waals surface area contributed by atoms with Crippen LogP contribution in [-0.4, -0.2) is 55.6 Å². The number of nitrogens with one attached hydrogen (secondary N) is 1. The number of nitrogens with zero attached hydrogens (tertiary/aromatic N) is 6. The molecule has 9 nitrogen and oxygen atoms in total. The molecule has 0 atom stereocenters. The number of nitrogens with two attached hydrogens (primary N) is 1. The lowest BCUT2D eigenvalue weighted by atomic mass is 9.95. The Hall–Kier alpha value is -2.82. The molecule has 0 bridgehead atoms. The van der Waals surface area contributed by atoms with Crippen LogP contribution in [0.1, 0.15) is 63.0 Å². The van der Waals surface area contributed by atoms with E-state index >= 15 is 0 Å². The van der Waals surface area contributed by atoms with Gasteiger partial charge in [0.1, 0.15) is 5.52 Å². The number of hydrogen-bond donors (Lipinski definition) is 3. The molecule has 4 aromatic rings. The van der Waals surface area contributed by atoms with Gasteiger partial charge < -0.3 is 21.1 Å². The minimum Gasteiger partial charge on any atom is -0.395 e. The number of aliphatic hydroxyl groups excluding tert-OH is 1. The Balaban J connectivity index is 1.40. The van der Waals surface area contributed by atoms with Gasteiger partial charge in [-0.05, 0) is 24.8 Å². The molecule has 1 aliphatic rings. The van der Waals surface area contributed by atoms with Gasteiger partial charge in [-0.15, -0.1) is 11.3 Å². The summed E-state index contributed by atoms with van der Waals surface area (Å²) in [5.74, 6) is 0.898. The van der Waals surface area contributed by atoms with E-state index in [0.717, 1.165) is 37.0 Å². The van der Waals surface area contributed by atoms with E-state index in [1.165, 1.54) is 42.4 Å². The smallest absolute Gasteiger partial charge is 0.222 e. The summed E-state index contributed by atoms with van der Waals surface area (Å²) in [5, 5.41) is 18.2. The van der Waals surface area contributed by atoms with E-state index in [-0.39, 0.29) is 12.6 Å². The topological polar surface area (TPSA) is 118 Å². The highest BCUT2D eigenvalue weighted by Gasteiger charge is 2.18. The molecule has 10 heteroatoms. The minimum atomic E-state index is 0.0413. The van der Waals surface area contributed by atoms with Crippen molar-refractivity contribution in [2.75, 3.05) is 30.3 Å². The molecule has 192 valence electrons. The molecule has 36 heavy (non-hydrogen) atoms. The number of benzene rings is 1. The lowest BCUT2D eigenvalue weighted by Crippen LogP contribution is -2.30. The summed E-state index contributed by atoms with van der Waals surface area (Å²) in [6, 6.07) is 5.03. The average molecular weight is 509 g/mol. The Morgan fingerprint density at radius 1 is 1.14 bits per heavy atom. The van der Waals surface area contributed by atoms with Crippen molar-refractivity contribution < 1.29 is 5.11 Å². The Morgan fingerprint density at radius 2 is 1.97 bits per heavy atom. The summed E-state index contributed by atoms with van der Waals surface area (Å²) in [6.07, 6.45) is 10.6.